The van der Waals surface area contributed by atoms with Crippen LogP contribution in [0.2, 0.25) is 0 Å². The number of nitrogens with zero attached hydrogens (tertiary/aromatic N) is 1. The second-order valence-corrected chi connectivity index (χ2v) is 8.70. The van der Waals surface area contributed by atoms with Gasteiger partial charge < -0.3 is 4.57 Å². The van der Waals surface area contributed by atoms with Crippen molar-refractivity contribution < 1.29 is 0 Å². The SMILES string of the molecule is Cc1ccc2ccc3cc(Cn4c5ccccc5c5ccccc54)cc4ccc1c2c34. The van der Waals surface area contributed by atoms with Crippen molar-refractivity contribution in [2.75, 3.05) is 0 Å². The molecule has 6 aromatic carbocycles. The summed E-state index contributed by atoms with van der Waals surface area (Å²) in [5.74, 6) is 0. The van der Waals surface area contributed by atoms with Crippen molar-refractivity contribution in [2.24, 2.45) is 0 Å². The van der Waals surface area contributed by atoms with Crippen LogP contribution in [0, 0.1) is 6.92 Å². The zero-order valence-corrected chi connectivity index (χ0v) is 17.4. The molecule has 0 aliphatic rings. The van der Waals surface area contributed by atoms with Crippen LogP contribution in [0.1, 0.15) is 11.1 Å². The molecule has 146 valence electrons. The Kier molecular flexibility index (Phi) is 3.32. The maximum atomic E-state index is 2.46. The average Bonchev–Trinajstić information content (AvgIpc) is 3.12. The zero-order chi connectivity index (χ0) is 20.5. The van der Waals surface area contributed by atoms with Crippen LogP contribution in [0.5, 0.6) is 0 Å². The Hall–Kier alpha value is -3.84. The molecule has 1 nitrogen and oxygen atoms in total. The lowest BCUT2D eigenvalue weighted by molar-refractivity contribution is 0.871. The summed E-state index contributed by atoms with van der Waals surface area (Å²) in [6.07, 6.45) is 0. The van der Waals surface area contributed by atoms with Gasteiger partial charge in [-0.15, -0.1) is 0 Å². The first-order chi connectivity index (χ1) is 15.3. The van der Waals surface area contributed by atoms with Gasteiger partial charge in [0.15, 0.2) is 0 Å². The predicted molar refractivity (Wildman–Crippen MR) is 133 cm³/mol. The topological polar surface area (TPSA) is 4.93 Å². The molecule has 1 heterocycles. The molecule has 0 saturated heterocycles. The van der Waals surface area contributed by atoms with Crippen LogP contribution < -0.4 is 0 Å². The van der Waals surface area contributed by atoms with Crippen molar-refractivity contribution in [3.05, 3.63) is 108 Å². The van der Waals surface area contributed by atoms with Crippen LogP contribution in [0.15, 0.2) is 97.1 Å². The Balaban J connectivity index is 1.49. The molecule has 1 heteroatoms. The highest BCUT2D eigenvalue weighted by Crippen LogP contribution is 2.37. The molecule has 0 spiro atoms. The first kappa shape index (κ1) is 16.9. The van der Waals surface area contributed by atoms with Crippen molar-refractivity contribution >= 4 is 54.1 Å². The fraction of sp³-hybridized carbons (Fsp3) is 0.0667. The number of benzene rings is 6. The fourth-order valence-corrected chi connectivity index (χ4v) is 5.48. The number of hydrogen-bond acceptors (Lipinski definition) is 0. The van der Waals surface area contributed by atoms with Crippen LogP contribution in [-0.4, -0.2) is 4.57 Å². The van der Waals surface area contributed by atoms with E-state index in [9.17, 15) is 0 Å². The van der Waals surface area contributed by atoms with E-state index in [0.29, 0.717) is 0 Å². The summed E-state index contributed by atoms with van der Waals surface area (Å²) in [6.45, 7) is 3.07. The summed E-state index contributed by atoms with van der Waals surface area (Å²) in [5.41, 5.74) is 5.28. The van der Waals surface area contributed by atoms with Crippen molar-refractivity contribution in [2.45, 2.75) is 13.5 Å². The van der Waals surface area contributed by atoms with E-state index in [-0.39, 0.29) is 0 Å². The summed E-state index contributed by atoms with van der Waals surface area (Å²) in [4.78, 5) is 0. The lowest BCUT2D eigenvalue weighted by Gasteiger charge is -2.15. The van der Waals surface area contributed by atoms with Gasteiger partial charge in [-0.1, -0.05) is 72.8 Å². The molecule has 0 aliphatic heterocycles. The number of para-hydroxylation sites is 2. The molecule has 0 radical (unpaired) electrons. The first-order valence-corrected chi connectivity index (χ1v) is 10.9. The van der Waals surface area contributed by atoms with Gasteiger partial charge in [0.2, 0.25) is 0 Å². The van der Waals surface area contributed by atoms with E-state index >= 15 is 0 Å². The van der Waals surface area contributed by atoms with Gasteiger partial charge in [0.05, 0.1) is 0 Å². The van der Waals surface area contributed by atoms with Gasteiger partial charge in [-0.05, 0) is 74.6 Å². The molecule has 0 bridgehead atoms. The summed E-state index contributed by atoms with van der Waals surface area (Å²) >= 11 is 0. The Bertz CT molecular complexity index is 1690. The molecule has 0 unspecified atom stereocenters. The van der Waals surface area contributed by atoms with Gasteiger partial charge in [0.25, 0.3) is 0 Å². The van der Waals surface area contributed by atoms with Crippen LogP contribution in [0.3, 0.4) is 0 Å². The van der Waals surface area contributed by atoms with Crippen LogP contribution in [-0.2, 0) is 6.54 Å². The van der Waals surface area contributed by atoms with Gasteiger partial charge in [-0.25, -0.2) is 0 Å². The second-order valence-electron chi connectivity index (χ2n) is 8.70. The molecule has 7 aromatic rings. The zero-order valence-electron chi connectivity index (χ0n) is 17.4. The first-order valence-electron chi connectivity index (χ1n) is 10.9. The monoisotopic (exact) mass is 395 g/mol. The highest BCUT2D eigenvalue weighted by atomic mass is 15.0. The summed E-state index contributed by atoms with van der Waals surface area (Å²) < 4.78 is 2.46. The average molecular weight is 396 g/mol. The van der Waals surface area contributed by atoms with E-state index in [0.717, 1.165) is 6.54 Å². The Labute approximate surface area is 180 Å². The molecule has 0 fully saturated rings. The summed E-state index contributed by atoms with van der Waals surface area (Å²) in [7, 11) is 0. The quantitative estimate of drug-likeness (QED) is 0.261. The molecule has 0 saturated carbocycles. The molecule has 0 aliphatic carbocycles. The lowest BCUT2D eigenvalue weighted by Crippen LogP contribution is -2.00. The smallest absolute Gasteiger partial charge is 0.0494 e. The fourth-order valence-electron chi connectivity index (χ4n) is 5.48. The van der Waals surface area contributed by atoms with E-state index in [2.05, 4.69) is 109 Å². The third kappa shape index (κ3) is 2.32. The Morgan fingerprint density at radius 2 is 1.13 bits per heavy atom. The van der Waals surface area contributed by atoms with E-state index in [1.54, 1.807) is 0 Å². The standard InChI is InChI=1S/C30H21N/c1-19-10-11-21-12-13-22-16-20(17-23-14-15-24(19)30(21)29(22)23)18-31-27-8-4-2-6-25(27)26-7-3-5-9-28(26)31/h2-17H,18H2,1H3. The highest BCUT2D eigenvalue weighted by molar-refractivity contribution is 6.23. The minimum absolute atomic E-state index is 0.865. The van der Waals surface area contributed by atoms with Crippen molar-refractivity contribution in [3.63, 3.8) is 0 Å². The summed E-state index contributed by atoms with van der Waals surface area (Å²) in [5, 5.41) is 10.8. The van der Waals surface area contributed by atoms with E-state index in [1.165, 1.54) is 65.3 Å². The number of hydrogen-bond donors (Lipinski definition) is 0. The molecule has 7 rings (SSSR count). The van der Waals surface area contributed by atoms with Crippen molar-refractivity contribution in [1.29, 1.82) is 0 Å². The van der Waals surface area contributed by atoms with Crippen LogP contribution in [0.4, 0.5) is 0 Å². The maximum Gasteiger partial charge on any atom is 0.0494 e. The third-order valence-electron chi connectivity index (χ3n) is 6.90. The number of aromatic nitrogens is 1. The number of fused-ring (bicyclic) bond motifs is 3. The maximum absolute atomic E-state index is 2.46. The summed E-state index contributed by atoms with van der Waals surface area (Å²) in [6, 6.07) is 35.9. The van der Waals surface area contributed by atoms with Crippen LogP contribution >= 0.6 is 0 Å². The van der Waals surface area contributed by atoms with E-state index < -0.39 is 0 Å². The molecular weight excluding hydrogens is 374 g/mol. The molecule has 0 amide bonds. The van der Waals surface area contributed by atoms with Gasteiger partial charge in [-0.2, -0.15) is 0 Å². The highest BCUT2D eigenvalue weighted by Gasteiger charge is 2.13. The molecule has 0 N–H and O–H groups in total. The number of aryl methyl sites for hydroxylation is 1. The number of rotatable bonds is 2. The lowest BCUT2D eigenvalue weighted by atomic mass is 9.91. The predicted octanol–water partition coefficient (Wildman–Crippen LogP) is 8.05. The Morgan fingerprint density at radius 3 is 1.84 bits per heavy atom. The van der Waals surface area contributed by atoms with E-state index in [1.807, 2.05) is 0 Å². The van der Waals surface area contributed by atoms with Gasteiger partial charge in [0.1, 0.15) is 0 Å². The third-order valence-corrected chi connectivity index (χ3v) is 6.90. The Morgan fingerprint density at radius 1 is 0.548 bits per heavy atom. The molecule has 1 aromatic heterocycles. The van der Waals surface area contributed by atoms with E-state index in [4.69, 9.17) is 0 Å². The normalized spacial score (nSPS) is 12.2. The van der Waals surface area contributed by atoms with Gasteiger partial charge in [0, 0.05) is 28.4 Å². The van der Waals surface area contributed by atoms with Crippen LogP contribution in [0.25, 0.3) is 54.1 Å². The largest absolute Gasteiger partial charge is 0.336 e. The van der Waals surface area contributed by atoms with Crippen molar-refractivity contribution in [3.8, 4) is 0 Å². The minimum atomic E-state index is 0.865. The molecule has 31 heavy (non-hydrogen) atoms. The van der Waals surface area contributed by atoms with Gasteiger partial charge >= 0.3 is 0 Å². The van der Waals surface area contributed by atoms with Crippen molar-refractivity contribution in [1.82, 2.24) is 4.57 Å². The minimum Gasteiger partial charge on any atom is -0.336 e. The molecular formula is C30H21N. The van der Waals surface area contributed by atoms with Gasteiger partial charge in [-0.3, -0.25) is 0 Å². The molecule has 0 atom stereocenters. The second kappa shape index (κ2) is 6.09.